The number of aromatic nitrogens is 2. The summed E-state index contributed by atoms with van der Waals surface area (Å²) in [6, 6.07) is 0.309. The van der Waals surface area contributed by atoms with Gasteiger partial charge in [-0.15, -0.1) is 0 Å². The van der Waals surface area contributed by atoms with Crippen molar-refractivity contribution in [3.05, 3.63) is 18.5 Å². The van der Waals surface area contributed by atoms with Gasteiger partial charge in [0, 0.05) is 19.4 Å². The Morgan fingerprint density at radius 3 is 2.47 bits per heavy atom. The molecule has 0 aliphatic carbocycles. The second-order valence-corrected chi connectivity index (χ2v) is 4.03. The lowest BCUT2D eigenvalue weighted by Crippen LogP contribution is -2.50. The van der Waals surface area contributed by atoms with E-state index >= 15 is 0 Å². The van der Waals surface area contributed by atoms with Gasteiger partial charge in [-0.05, 0) is 13.0 Å². The van der Waals surface area contributed by atoms with Crippen molar-refractivity contribution in [3.8, 4) is 0 Å². The van der Waals surface area contributed by atoms with Gasteiger partial charge >= 0.3 is 5.97 Å². The summed E-state index contributed by atoms with van der Waals surface area (Å²) in [4.78, 5) is 31.9. The second-order valence-electron chi connectivity index (χ2n) is 4.03. The van der Waals surface area contributed by atoms with Crippen molar-refractivity contribution in [2.75, 3.05) is 18.5 Å². The van der Waals surface area contributed by atoms with E-state index in [1.165, 1.54) is 24.2 Å². The summed E-state index contributed by atoms with van der Waals surface area (Å²) >= 11 is 0. The van der Waals surface area contributed by atoms with Crippen LogP contribution in [0.15, 0.2) is 18.5 Å². The molecular weight excluding hydrogens is 252 g/mol. The first-order valence-corrected chi connectivity index (χ1v) is 5.60. The number of anilines is 1. The Morgan fingerprint density at radius 2 is 2.00 bits per heavy atom. The third kappa shape index (κ3) is 4.51. The smallest absolute Gasteiger partial charge is 0.328 e. The number of carboxylic acid groups (broad SMARTS) is 1. The topological polar surface area (TPSA) is 116 Å². The highest BCUT2D eigenvalue weighted by Crippen LogP contribution is 2.01. The molecule has 104 valence electrons. The zero-order chi connectivity index (χ0) is 14.4. The molecule has 1 amide bonds. The van der Waals surface area contributed by atoms with Gasteiger partial charge in [0.25, 0.3) is 0 Å². The molecule has 1 rings (SSSR count). The molecule has 3 N–H and O–H groups in total. The molecule has 0 aliphatic rings. The van der Waals surface area contributed by atoms with Gasteiger partial charge in [0.1, 0.15) is 0 Å². The Labute approximate surface area is 110 Å². The Kier molecular flexibility index (Phi) is 5.19. The van der Waals surface area contributed by atoms with Crippen LogP contribution in [-0.4, -0.2) is 57.8 Å². The number of carbonyl (C=O) groups is 2. The van der Waals surface area contributed by atoms with E-state index in [1.807, 2.05) is 0 Å². The predicted molar refractivity (Wildman–Crippen MR) is 66.5 cm³/mol. The van der Waals surface area contributed by atoms with Crippen LogP contribution < -0.4 is 10.2 Å². The number of nitrogens with zero attached hydrogens (tertiary/aromatic N) is 3. The van der Waals surface area contributed by atoms with Gasteiger partial charge in [-0.1, -0.05) is 0 Å². The van der Waals surface area contributed by atoms with Crippen LogP contribution in [-0.2, 0) is 9.59 Å². The first-order chi connectivity index (χ1) is 8.91. The van der Waals surface area contributed by atoms with E-state index in [4.69, 9.17) is 5.11 Å². The van der Waals surface area contributed by atoms with E-state index in [0.29, 0.717) is 5.95 Å². The molecule has 0 spiro atoms. The maximum Gasteiger partial charge on any atom is 0.328 e. The van der Waals surface area contributed by atoms with Crippen molar-refractivity contribution >= 4 is 17.8 Å². The maximum absolute atomic E-state index is 11.7. The van der Waals surface area contributed by atoms with Gasteiger partial charge in [0.2, 0.25) is 11.9 Å². The van der Waals surface area contributed by atoms with Crippen LogP contribution in [0.3, 0.4) is 0 Å². The SMILES string of the molecule is CC(O)C(NC(=O)CN(C)c1ncccn1)C(=O)O. The largest absolute Gasteiger partial charge is 0.480 e. The van der Waals surface area contributed by atoms with Crippen molar-refractivity contribution in [3.63, 3.8) is 0 Å². The fourth-order valence-corrected chi connectivity index (χ4v) is 1.38. The molecule has 8 nitrogen and oxygen atoms in total. The normalized spacial score (nSPS) is 13.4. The summed E-state index contributed by atoms with van der Waals surface area (Å²) in [7, 11) is 1.60. The van der Waals surface area contributed by atoms with Gasteiger partial charge in [0.05, 0.1) is 12.6 Å². The van der Waals surface area contributed by atoms with E-state index in [9.17, 15) is 14.7 Å². The summed E-state index contributed by atoms with van der Waals surface area (Å²) in [5.74, 6) is -1.48. The van der Waals surface area contributed by atoms with Crippen LogP contribution in [0.25, 0.3) is 0 Å². The number of aliphatic hydroxyl groups is 1. The highest BCUT2D eigenvalue weighted by Gasteiger charge is 2.25. The molecule has 8 heteroatoms. The Hall–Kier alpha value is -2.22. The molecule has 0 saturated heterocycles. The molecule has 19 heavy (non-hydrogen) atoms. The van der Waals surface area contributed by atoms with Gasteiger partial charge in [-0.2, -0.15) is 0 Å². The number of hydrogen-bond donors (Lipinski definition) is 3. The monoisotopic (exact) mass is 268 g/mol. The molecule has 0 fully saturated rings. The number of carbonyl (C=O) groups excluding carboxylic acids is 1. The minimum atomic E-state index is -1.34. The van der Waals surface area contributed by atoms with Crippen molar-refractivity contribution in [2.45, 2.75) is 19.1 Å². The highest BCUT2D eigenvalue weighted by atomic mass is 16.4. The van der Waals surface area contributed by atoms with Crippen LogP contribution in [0.2, 0.25) is 0 Å². The molecule has 1 aromatic rings. The molecule has 0 aromatic carbocycles. The number of amides is 1. The quantitative estimate of drug-likeness (QED) is 0.597. The fraction of sp³-hybridized carbons (Fsp3) is 0.455. The summed E-state index contributed by atoms with van der Waals surface area (Å²) in [6.07, 6.45) is 1.89. The molecule has 0 radical (unpaired) electrons. The number of aliphatic hydroxyl groups excluding tert-OH is 1. The molecular formula is C11H16N4O4. The lowest BCUT2D eigenvalue weighted by atomic mass is 10.2. The number of likely N-dealkylation sites (N-methyl/N-ethyl adjacent to an activating group) is 1. The first kappa shape index (κ1) is 14.8. The van der Waals surface area contributed by atoms with Crippen molar-refractivity contribution in [1.29, 1.82) is 0 Å². The minimum absolute atomic E-state index is 0.111. The molecule has 2 atom stereocenters. The van der Waals surface area contributed by atoms with Crippen molar-refractivity contribution in [1.82, 2.24) is 15.3 Å². The number of carboxylic acids is 1. The standard InChI is InChI=1S/C11H16N4O4/c1-7(16)9(10(18)19)14-8(17)6-15(2)11-12-4-3-5-13-11/h3-5,7,9,16H,6H2,1-2H3,(H,14,17)(H,18,19). The predicted octanol–water partition coefficient (Wildman–Crippen LogP) is -1.14. The Balaban J connectivity index is 2.58. The molecule has 2 unspecified atom stereocenters. The van der Waals surface area contributed by atoms with Crippen LogP contribution in [0.4, 0.5) is 5.95 Å². The third-order valence-corrected chi connectivity index (χ3v) is 2.34. The van der Waals surface area contributed by atoms with E-state index < -0.39 is 24.0 Å². The minimum Gasteiger partial charge on any atom is -0.480 e. The number of nitrogens with one attached hydrogen (secondary N) is 1. The van der Waals surface area contributed by atoms with Crippen LogP contribution in [0, 0.1) is 0 Å². The Bertz CT molecular complexity index is 438. The average Bonchev–Trinajstić information content (AvgIpc) is 2.36. The number of aliphatic carboxylic acids is 1. The second kappa shape index (κ2) is 6.64. The zero-order valence-electron chi connectivity index (χ0n) is 10.6. The third-order valence-electron chi connectivity index (χ3n) is 2.34. The fourth-order valence-electron chi connectivity index (χ4n) is 1.38. The van der Waals surface area contributed by atoms with Gasteiger partial charge in [0.15, 0.2) is 6.04 Å². The van der Waals surface area contributed by atoms with Crippen molar-refractivity contribution in [2.24, 2.45) is 0 Å². The number of hydrogen-bond acceptors (Lipinski definition) is 6. The van der Waals surface area contributed by atoms with Crippen LogP contribution in [0.5, 0.6) is 0 Å². The summed E-state index contributed by atoms with van der Waals surface area (Å²) in [5, 5.41) is 20.3. The van der Waals surface area contributed by atoms with Crippen LogP contribution in [0.1, 0.15) is 6.92 Å². The van der Waals surface area contributed by atoms with Crippen LogP contribution >= 0.6 is 0 Å². The Morgan fingerprint density at radius 1 is 1.42 bits per heavy atom. The van der Waals surface area contributed by atoms with E-state index in [2.05, 4.69) is 15.3 Å². The molecule has 1 heterocycles. The highest BCUT2D eigenvalue weighted by molar-refractivity contribution is 5.86. The van der Waals surface area contributed by atoms with Gasteiger partial charge in [-0.3, -0.25) is 4.79 Å². The first-order valence-electron chi connectivity index (χ1n) is 5.60. The molecule has 0 bridgehead atoms. The average molecular weight is 268 g/mol. The maximum atomic E-state index is 11.7. The zero-order valence-corrected chi connectivity index (χ0v) is 10.6. The molecule has 0 saturated carbocycles. The molecule has 0 aliphatic heterocycles. The van der Waals surface area contributed by atoms with Gasteiger partial charge in [-0.25, -0.2) is 14.8 Å². The number of rotatable bonds is 6. The lowest BCUT2D eigenvalue weighted by Gasteiger charge is -2.20. The van der Waals surface area contributed by atoms with E-state index in [0.717, 1.165) is 0 Å². The van der Waals surface area contributed by atoms with Crippen molar-refractivity contribution < 1.29 is 19.8 Å². The lowest BCUT2D eigenvalue weighted by molar-refractivity contribution is -0.144. The van der Waals surface area contributed by atoms with E-state index in [1.54, 1.807) is 13.1 Å². The summed E-state index contributed by atoms with van der Waals surface area (Å²) in [6.45, 7) is 1.18. The molecule has 1 aromatic heterocycles. The summed E-state index contributed by atoms with van der Waals surface area (Å²) < 4.78 is 0. The van der Waals surface area contributed by atoms with E-state index in [-0.39, 0.29) is 6.54 Å². The van der Waals surface area contributed by atoms with Gasteiger partial charge < -0.3 is 20.4 Å². The summed E-state index contributed by atoms with van der Waals surface area (Å²) in [5.41, 5.74) is 0.